The molecule has 2 amide bonds. The fourth-order valence-corrected chi connectivity index (χ4v) is 2.93. The Hall–Kier alpha value is -3.40. The van der Waals surface area contributed by atoms with Crippen molar-refractivity contribution in [1.29, 1.82) is 0 Å². The molecule has 0 aromatic heterocycles. The van der Waals surface area contributed by atoms with Crippen LogP contribution >= 0.6 is 0 Å². The molecule has 136 valence electrons. The highest BCUT2D eigenvalue weighted by Crippen LogP contribution is 2.20. The number of nitrogens with one attached hydrogen (secondary N) is 1. The average molecular weight is 358 g/mol. The molecule has 0 saturated carbocycles. The maximum atomic E-state index is 13.2. The summed E-state index contributed by atoms with van der Waals surface area (Å²) in [6, 6.07) is 26.8. The van der Waals surface area contributed by atoms with Crippen molar-refractivity contribution < 1.29 is 9.59 Å². The van der Waals surface area contributed by atoms with Crippen LogP contribution in [-0.2, 0) is 11.2 Å². The molecular formula is C23H22N2O2. The number of para-hydroxylation sites is 1. The fourth-order valence-electron chi connectivity index (χ4n) is 2.93. The lowest BCUT2D eigenvalue weighted by Gasteiger charge is -2.23. The van der Waals surface area contributed by atoms with Crippen molar-refractivity contribution in [3.63, 3.8) is 0 Å². The maximum Gasteiger partial charge on any atom is 0.258 e. The van der Waals surface area contributed by atoms with Gasteiger partial charge in [0.1, 0.15) is 0 Å². The molecular weight excluding hydrogens is 336 g/mol. The third-order valence-corrected chi connectivity index (χ3v) is 4.21. The molecule has 0 aliphatic carbocycles. The van der Waals surface area contributed by atoms with E-state index >= 15 is 0 Å². The van der Waals surface area contributed by atoms with Gasteiger partial charge in [0, 0.05) is 30.4 Å². The average Bonchev–Trinajstić information content (AvgIpc) is 2.69. The lowest BCUT2D eigenvalue weighted by molar-refractivity contribution is -0.114. The minimum absolute atomic E-state index is 0.0932. The summed E-state index contributed by atoms with van der Waals surface area (Å²) in [4.78, 5) is 26.3. The largest absolute Gasteiger partial charge is 0.326 e. The van der Waals surface area contributed by atoms with Crippen molar-refractivity contribution in [3.8, 4) is 0 Å². The first-order valence-electron chi connectivity index (χ1n) is 8.92. The predicted molar refractivity (Wildman–Crippen MR) is 109 cm³/mol. The second-order valence-electron chi connectivity index (χ2n) is 6.29. The number of amides is 2. The number of hydrogen-bond acceptors (Lipinski definition) is 2. The number of carbonyl (C=O) groups excluding carboxylic acids is 2. The van der Waals surface area contributed by atoms with Crippen LogP contribution in [0.3, 0.4) is 0 Å². The normalized spacial score (nSPS) is 10.3. The van der Waals surface area contributed by atoms with Crippen LogP contribution in [-0.4, -0.2) is 18.4 Å². The fraction of sp³-hybridized carbons (Fsp3) is 0.130. The van der Waals surface area contributed by atoms with Crippen molar-refractivity contribution in [1.82, 2.24) is 0 Å². The van der Waals surface area contributed by atoms with Gasteiger partial charge >= 0.3 is 0 Å². The molecule has 0 saturated heterocycles. The zero-order chi connectivity index (χ0) is 19.1. The van der Waals surface area contributed by atoms with Gasteiger partial charge in [0.15, 0.2) is 0 Å². The molecule has 4 heteroatoms. The monoisotopic (exact) mass is 358 g/mol. The van der Waals surface area contributed by atoms with Crippen LogP contribution in [0.15, 0.2) is 84.9 Å². The Morgan fingerprint density at radius 3 is 2.19 bits per heavy atom. The molecule has 27 heavy (non-hydrogen) atoms. The molecule has 0 aliphatic heterocycles. The highest BCUT2D eigenvalue weighted by Gasteiger charge is 2.18. The van der Waals surface area contributed by atoms with Gasteiger partial charge in [-0.15, -0.1) is 0 Å². The third kappa shape index (κ3) is 5.05. The lowest BCUT2D eigenvalue weighted by atomic mass is 10.1. The summed E-state index contributed by atoms with van der Waals surface area (Å²) in [5.41, 5.74) is 3.18. The minimum Gasteiger partial charge on any atom is -0.326 e. The summed E-state index contributed by atoms with van der Waals surface area (Å²) in [6.45, 7) is 2.02. The van der Waals surface area contributed by atoms with E-state index in [1.807, 2.05) is 48.5 Å². The van der Waals surface area contributed by atoms with E-state index in [-0.39, 0.29) is 11.8 Å². The standard InChI is InChI=1S/C23H22N2O2/c1-18(26)24-21-12-8-11-20(17-21)23(27)25(22-13-6-3-7-14-22)16-15-19-9-4-2-5-10-19/h2-14,17H,15-16H2,1H3,(H,24,26). The van der Waals surface area contributed by atoms with Crippen molar-refractivity contribution in [2.45, 2.75) is 13.3 Å². The maximum absolute atomic E-state index is 13.2. The Morgan fingerprint density at radius 2 is 1.52 bits per heavy atom. The molecule has 0 fully saturated rings. The Bertz CT molecular complexity index is 908. The summed E-state index contributed by atoms with van der Waals surface area (Å²) in [5, 5.41) is 2.73. The second-order valence-corrected chi connectivity index (χ2v) is 6.29. The number of nitrogens with zero attached hydrogens (tertiary/aromatic N) is 1. The Labute approximate surface area is 159 Å². The molecule has 0 bridgehead atoms. The first-order chi connectivity index (χ1) is 13.1. The van der Waals surface area contributed by atoms with Crippen LogP contribution in [0.25, 0.3) is 0 Å². The van der Waals surface area contributed by atoms with Gasteiger partial charge in [-0.3, -0.25) is 9.59 Å². The van der Waals surface area contributed by atoms with E-state index < -0.39 is 0 Å². The van der Waals surface area contributed by atoms with Crippen LogP contribution < -0.4 is 10.2 Å². The van der Waals surface area contributed by atoms with Gasteiger partial charge in [-0.1, -0.05) is 54.6 Å². The molecule has 0 aliphatic rings. The molecule has 0 atom stereocenters. The van der Waals surface area contributed by atoms with Crippen molar-refractivity contribution in [2.24, 2.45) is 0 Å². The van der Waals surface area contributed by atoms with Crippen molar-refractivity contribution in [3.05, 3.63) is 96.1 Å². The molecule has 4 nitrogen and oxygen atoms in total. The lowest BCUT2D eigenvalue weighted by Crippen LogP contribution is -2.33. The summed E-state index contributed by atoms with van der Waals surface area (Å²) in [6.07, 6.45) is 0.757. The van der Waals surface area contributed by atoms with Gasteiger partial charge in [0.25, 0.3) is 5.91 Å². The van der Waals surface area contributed by atoms with Crippen LogP contribution in [0.1, 0.15) is 22.8 Å². The summed E-state index contributed by atoms with van der Waals surface area (Å²) in [7, 11) is 0. The van der Waals surface area contributed by atoms with Gasteiger partial charge in [0.05, 0.1) is 0 Å². The van der Waals surface area contributed by atoms with Crippen LogP contribution in [0.2, 0.25) is 0 Å². The van der Waals surface area contributed by atoms with Crippen molar-refractivity contribution in [2.75, 3.05) is 16.8 Å². The quantitative estimate of drug-likeness (QED) is 0.703. The van der Waals surface area contributed by atoms with E-state index in [0.29, 0.717) is 17.8 Å². The van der Waals surface area contributed by atoms with Crippen LogP contribution in [0.4, 0.5) is 11.4 Å². The first-order valence-corrected chi connectivity index (χ1v) is 8.92. The van der Waals surface area contributed by atoms with Crippen molar-refractivity contribution >= 4 is 23.2 Å². The topological polar surface area (TPSA) is 49.4 Å². The van der Waals surface area contributed by atoms with Gasteiger partial charge < -0.3 is 10.2 Å². The van der Waals surface area contributed by atoms with E-state index in [2.05, 4.69) is 17.4 Å². The Morgan fingerprint density at radius 1 is 0.852 bits per heavy atom. The summed E-state index contributed by atoms with van der Waals surface area (Å²) < 4.78 is 0. The Balaban J connectivity index is 1.85. The highest BCUT2D eigenvalue weighted by molar-refractivity contribution is 6.07. The minimum atomic E-state index is -0.163. The molecule has 0 radical (unpaired) electrons. The van der Waals surface area contributed by atoms with Crippen LogP contribution in [0, 0.1) is 0 Å². The molecule has 3 aromatic carbocycles. The zero-order valence-corrected chi connectivity index (χ0v) is 15.3. The van der Waals surface area contributed by atoms with Gasteiger partial charge in [-0.25, -0.2) is 0 Å². The highest BCUT2D eigenvalue weighted by atomic mass is 16.2. The molecule has 1 N–H and O–H groups in total. The van der Waals surface area contributed by atoms with Gasteiger partial charge in [-0.05, 0) is 42.3 Å². The summed E-state index contributed by atoms with van der Waals surface area (Å²) >= 11 is 0. The van der Waals surface area contributed by atoms with E-state index in [4.69, 9.17) is 0 Å². The zero-order valence-electron chi connectivity index (χ0n) is 15.3. The number of rotatable bonds is 6. The SMILES string of the molecule is CC(=O)Nc1cccc(C(=O)N(CCc2ccccc2)c2ccccc2)c1. The van der Waals surface area contributed by atoms with Gasteiger partial charge in [-0.2, -0.15) is 0 Å². The van der Waals surface area contributed by atoms with Gasteiger partial charge in [0.2, 0.25) is 5.91 Å². The van der Waals surface area contributed by atoms with E-state index in [9.17, 15) is 9.59 Å². The Kier molecular flexibility index (Phi) is 6.00. The molecule has 3 aromatic rings. The smallest absolute Gasteiger partial charge is 0.258 e. The van der Waals surface area contributed by atoms with Crippen LogP contribution in [0.5, 0.6) is 0 Å². The van der Waals surface area contributed by atoms with E-state index in [1.54, 1.807) is 29.2 Å². The number of hydrogen-bond donors (Lipinski definition) is 1. The molecule has 0 spiro atoms. The molecule has 0 unspecified atom stereocenters. The first kappa shape index (κ1) is 18.4. The molecule has 0 heterocycles. The number of benzene rings is 3. The third-order valence-electron chi connectivity index (χ3n) is 4.21. The molecule has 3 rings (SSSR count). The second kappa shape index (κ2) is 8.81. The van der Waals surface area contributed by atoms with E-state index in [0.717, 1.165) is 12.1 Å². The summed E-state index contributed by atoms with van der Waals surface area (Å²) in [5.74, 6) is -0.257. The predicted octanol–water partition coefficient (Wildman–Crippen LogP) is 4.53. The van der Waals surface area contributed by atoms with E-state index in [1.165, 1.54) is 12.5 Å². The number of anilines is 2. The number of carbonyl (C=O) groups is 2.